The number of esters is 1. The van der Waals surface area contributed by atoms with Crippen LogP contribution in [0, 0.1) is 5.41 Å². The summed E-state index contributed by atoms with van der Waals surface area (Å²) in [5, 5.41) is 0. The Bertz CT molecular complexity index is 429. The van der Waals surface area contributed by atoms with Gasteiger partial charge in [-0.25, -0.2) is 0 Å². The molecule has 4 heteroatoms. The summed E-state index contributed by atoms with van der Waals surface area (Å²) >= 11 is 0. The minimum Gasteiger partial charge on any atom is -0.492 e. The minimum atomic E-state index is -0.682. The van der Waals surface area contributed by atoms with Gasteiger partial charge in [0.05, 0.1) is 12.5 Å². The highest BCUT2D eigenvalue weighted by atomic mass is 16.5. The van der Waals surface area contributed by atoms with Crippen molar-refractivity contribution < 1.29 is 14.3 Å². The van der Waals surface area contributed by atoms with Crippen molar-refractivity contribution in [1.82, 2.24) is 0 Å². The molecule has 0 saturated carbocycles. The quantitative estimate of drug-likeness (QED) is 0.803. The SMILES string of the molecule is CC[C@H](N)c1ccccc1OCC(C)(C)C(=O)OC. The molecule has 106 valence electrons. The Labute approximate surface area is 114 Å². The van der Waals surface area contributed by atoms with E-state index in [1.54, 1.807) is 13.8 Å². The molecule has 1 aromatic rings. The molecule has 0 aromatic heterocycles. The number of hydrogen-bond acceptors (Lipinski definition) is 4. The lowest BCUT2D eigenvalue weighted by molar-refractivity contribution is -0.152. The van der Waals surface area contributed by atoms with Gasteiger partial charge in [0.15, 0.2) is 0 Å². The van der Waals surface area contributed by atoms with E-state index >= 15 is 0 Å². The molecule has 0 fully saturated rings. The number of para-hydroxylation sites is 1. The highest BCUT2D eigenvalue weighted by Crippen LogP contribution is 2.27. The number of carbonyl (C=O) groups excluding carboxylic acids is 1. The van der Waals surface area contributed by atoms with Gasteiger partial charge in [0.25, 0.3) is 0 Å². The van der Waals surface area contributed by atoms with Gasteiger partial charge in [0, 0.05) is 11.6 Å². The second-order valence-electron chi connectivity index (χ2n) is 5.22. The van der Waals surface area contributed by atoms with Gasteiger partial charge in [-0.2, -0.15) is 0 Å². The number of nitrogens with two attached hydrogens (primary N) is 1. The summed E-state index contributed by atoms with van der Waals surface area (Å²) in [5.74, 6) is 0.443. The number of carbonyl (C=O) groups is 1. The van der Waals surface area contributed by atoms with Crippen LogP contribution in [0.3, 0.4) is 0 Å². The lowest BCUT2D eigenvalue weighted by Crippen LogP contribution is -2.32. The van der Waals surface area contributed by atoms with Crippen LogP contribution in [0.1, 0.15) is 38.8 Å². The maximum atomic E-state index is 11.6. The van der Waals surface area contributed by atoms with Crippen LogP contribution in [-0.2, 0) is 9.53 Å². The Morgan fingerprint density at radius 1 is 1.37 bits per heavy atom. The summed E-state index contributed by atoms with van der Waals surface area (Å²) in [6, 6.07) is 7.60. The van der Waals surface area contributed by atoms with Gasteiger partial charge in [0.2, 0.25) is 0 Å². The van der Waals surface area contributed by atoms with Gasteiger partial charge >= 0.3 is 5.97 Å². The fourth-order valence-electron chi connectivity index (χ4n) is 1.73. The second-order valence-corrected chi connectivity index (χ2v) is 5.22. The van der Waals surface area contributed by atoms with E-state index in [2.05, 4.69) is 0 Å². The number of rotatable bonds is 6. The third-order valence-corrected chi connectivity index (χ3v) is 3.08. The Kier molecular flexibility index (Phi) is 5.36. The Morgan fingerprint density at radius 2 is 2.00 bits per heavy atom. The third kappa shape index (κ3) is 3.96. The molecule has 0 aliphatic rings. The van der Waals surface area contributed by atoms with Crippen LogP contribution in [0.4, 0.5) is 0 Å². The number of hydrogen-bond donors (Lipinski definition) is 1. The molecule has 0 aliphatic carbocycles. The average Bonchev–Trinajstić information content (AvgIpc) is 2.43. The van der Waals surface area contributed by atoms with E-state index in [9.17, 15) is 4.79 Å². The van der Waals surface area contributed by atoms with E-state index in [0.717, 1.165) is 17.7 Å². The molecule has 0 heterocycles. The molecule has 0 radical (unpaired) electrons. The van der Waals surface area contributed by atoms with Gasteiger partial charge < -0.3 is 15.2 Å². The highest BCUT2D eigenvalue weighted by molar-refractivity contribution is 5.75. The smallest absolute Gasteiger partial charge is 0.314 e. The van der Waals surface area contributed by atoms with Crippen LogP contribution in [0.15, 0.2) is 24.3 Å². The Hall–Kier alpha value is -1.55. The average molecular weight is 265 g/mol. The Morgan fingerprint density at radius 3 is 2.58 bits per heavy atom. The minimum absolute atomic E-state index is 0.0579. The first kappa shape index (κ1) is 15.5. The van der Waals surface area contributed by atoms with E-state index in [4.69, 9.17) is 15.2 Å². The molecule has 1 rings (SSSR count). The first-order valence-electron chi connectivity index (χ1n) is 6.48. The molecule has 0 amide bonds. The predicted octanol–water partition coefficient (Wildman–Crippen LogP) is 2.67. The van der Waals surface area contributed by atoms with Crippen molar-refractivity contribution in [3.8, 4) is 5.75 Å². The topological polar surface area (TPSA) is 61.5 Å². The van der Waals surface area contributed by atoms with Crippen LogP contribution in [0.2, 0.25) is 0 Å². The van der Waals surface area contributed by atoms with Crippen molar-refractivity contribution in [2.75, 3.05) is 13.7 Å². The first-order valence-corrected chi connectivity index (χ1v) is 6.48. The highest BCUT2D eigenvalue weighted by Gasteiger charge is 2.30. The van der Waals surface area contributed by atoms with E-state index in [-0.39, 0.29) is 18.6 Å². The number of methoxy groups -OCH3 is 1. The molecule has 0 spiro atoms. The normalized spacial score (nSPS) is 12.9. The monoisotopic (exact) mass is 265 g/mol. The van der Waals surface area contributed by atoms with E-state index in [0.29, 0.717) is 0 Å². The van der Waals surface area contributed by atoms with E-state index < -0.39 is 5.41 Å². The van der Waals surface area contributed by atoms with Gasteiger partial charge in [-0.3, -0.25) is 4.79 Å². The third-order valence-electron chi connectivity index (χ3n) is 3.08. The lowest BCUT2D eigenvalue weighted by atomic mass is 9.95. The standard InChI is InChI=1S/C15H23NO3/c1-5-12(16)11-8-6-7-9-13(11)19-10-15(2,3)14(17)18-4/h6-9,12H,5,10,16H2,1-4H3/t12-/m0/s1. The summed E-state index contributed by atoms with van der Waals surface area (Å²) in [4.78, 5) is 11.6. The molecular weight excluding hydrogens is 242 g/mol. The van der Waals surface area contributed by atoms with Crippen molar-refractivity contribution >= 4 is 5.97 Å². The van der Waals surface area contributed by atoms with Crippen LogP contribution in [0.5, 0.6) is 5.75 Å². The molecule has 0 aliphatic heterocycles. The zero-order valence-corrected chi connectivity index (χ0v) is 12.1. The van der Waals surface area contributed by atoms with Crippen molar-refractivity contribution in [2.24, 2.45) is 11.1 Å². The first-order chi connectivity index (χ1) is 8.92. The predicted molar refractivity (Wildman–Crippen MR) is 75.0 cm³/mol. The van der Waals surface area contributed by atoms with Crippen LogP contribution < -0.4 is 10.5 Å². The Balaban J connectivity index is 2.81. The van der Waals surface area contributed by atoms with Crippen molar-refractivity contribution in [3.05, 3.63) is 29.8 Å². The van der Waals surface area contributed by atoms with Gasteiger partial charge in [-0.1, -0.05) is 25.1 Å². The maximum Gasteiger partial charge on any atom is 0.314 e. The van der Waals surface area contributed by atoms with Crippen LogP contribution in [0.25, 0.3) is 0 Å². The van der Waals surface area contributed by atoms with Crippen molar-refractivity contribution in [3.63, 3.8) is 0 Å². The molecule has 2 N–H and O–H groups in total. The van der Waals surface area contributed by atoms with Crippen LogP contribution in [-0.4, -0.2) is 19.7 Å². The summed E-state index contributed by atoms with van der Waals surface area (Å²) in [6.45, 7) is 5.87. The largest absolute Gasteiger partial charge is 0.492 e. The molecule has 1 aromatic carbocycles. The molecule has 4 nitrogen and oxygen atoms in total. The van der Waals surface area contributed by atoms with Crippen LogP contribution >= 0.6 is 0 Å². The fraction of sp³-hybridized carbons (Fsp3) is 0.533. The second kappa shape index (κ2) is 6.57. The maximum absolute atomic E-state index is 11.6. The summed E-state index contributed by atoms with van der Waals surface area (Å²) in [7, 11) is 1.38. The lowest BCUT2D eigenvalue weighted by Gasteiger charge is -2.23. The molecule has 0 unspecified atom stereocenters. The zero-order valence-electron chi connectivity index (χ0n) is 12.1. The number of ether oxygens (including phenoxy) is 2. The fourth-order valence-corrected chi connectivity index (χ4v) is 1.73. The molecule has 0 bridgehead atoms. The molecule has 1 atom stereocenters. The summed E-state index contributed by atoms with van der Waals surface area (Å²) < 4.78 is 10.5. The molecule has 0 saturated heterocycles. The summed E-state index contributed by atoms with van der Waals surface area (Å²) in [6.07, 6.45) is 0.834. The van der Waals surface area contributed by atoms with E-state index in [1.807, 2.05) is 31.2 Å². The van der Waals surface area contributed by atoms with Crippen molar-refractivity contribution in [1.29, 1.82) is 0 Å². The van der Waals surface area contributed by atoms with E-state index in [1.165, 1.54) is 7.11 Å². The molecular formula is C15H23NO3. The number of benzene rings is 1. The van der Waals surface area contributed by atoms with Crippen molar-refractivity contribution in [2.45, 2.75) is 33.2 Å². The van der Waals surface area contributed by atoms with Gasteiger partial charge in [0.1, 0.15) is 12.4 Å². The summed E-state index contributed by atoms with van der Waals surface area (Å²) in [5.41, 5.74) is 6.33. The van der Waals surface area contributed by atoms with Gasteiger partial charge in [-0.15, -0.1) is 0 Å². The molecule has 19 heavy (non-hydrogen) atoms. The zero-order chi connectivity index (χ0) is 14.5. The van der Waals surface area contributed by atoms with Gasteiger partial charge in [-0.05, 0) is 26.3 Å².